The summed E-state index contributed by atoms with van der Waals surface area (Å²) in [4.78, 5) is 96.5. The minimum absolute atomic E-state index is 0.00354. The van der Waals surface area contributed by atoms with E-state index >= 15 is 19.2 Å². The second kappa shape index (κ2) is 19.9. The van der Waals surface area contributed by atoms with Crippen LogP contribution in [0.15, 0.2) is 103 Å². The van der Waals surface area contributed by atoms with Gasteiger partial charge in [0.05, 0.1) is 22.3 Å². The number of hydrogen-bond donors (Lipinski definition) is 0. The molecule has 1 fully saturated rings. The third kappa shape index (κ3) is 8.61. The fourth-order valence-corrected chi connectivity index (χ4v) is 14.6. The molecule has 86 heavy (non-hydrogen) atoms. The summed E-state index contributed by atoms with van der Waals surface area (Å²) < 4.78 is 0. The Labute approximate surface area is 504 Å². The minimum Gasteiger partial charge on any atom is -0.371 e. The van der Waals surface area contributed by atoms with Gasteiger partial charge in [0.2, 0.25) is 0 Å². The normalized spacial score (nSPS) is 15.9. The van der Waals surface area contributed by atoms with E-state index < -0.39 is 35.4 Å². The highest BCUT2D eigenvalue weighted by molar-refractivity contribution is 6.44. The summed E-state index contributed by atoms with van der Waals surface area (Å²) in [5.74, 6) is -4.42. The van der Waals surface area contributed by atoms with Crippen molar-refractivity contribution in [1.82, 2.24) is 14.9 Å². The molecule has 0 atom stereocenters. The minimum atomic E-state index is -0.910. The predicted molar refractivity (Wildman–Crippen MR) is 348 cm³/mol. The van der Waals surface area contributed by atoms with E-state index in [2.05, 4.69) is 162 Å². The molecule has 10 heteroatoms. The lowest BCUT2D eigenvalue weighted by Gasteiger charge is -2.38. The van der Waals surface area contributed by atoms with Crippen LogP contribution < -0.4 is 4.90 Å². The molecule has 9 aromatic carbocycles. The lowest BCUT2D eigenvalue weighted by Crippen LogP contribution is -2.58. The quantitative estimate of drug-likeness (QED) is 0.0548. The molecule has 0 spiro atoms. The molecule has 9 aromatic rings. The van der Waals surface area contributed by atoms with Crippen molar-refractivity contribution < 1.29 is 28.8 Å². The van der Waals surface area contributed by atoms with Crippen molar-refractivity contribution in [3.63, 3.8) is 0 Å². The third-order valence-corrected chi connectivity index (χ3v) is 19.1. The highest BCUT2D eigenvalue weighted by Crippen LogP contribution is 2.55. The van der Waals surface area contributed by atoms with Crippen LogP contribution in [-0.4, -0.2) is 70.0 Å². The molecular formula is C76H78N4O6. The van der Waals surface area contributed by atoms with Gasteiger partial charge in [-0.25, -0.2) is 0 Å². The number of unbranched alkanes of at least 4 members (excludes halogenated alkanes) is 5. The average molecular weight is 1140 g/mol. The Morgan fingerprint density at radius 2 is 0.767 bits per heavy atom. The lowest BCUT2D eigenvalue weighted by atomic mass is 9.73. The van der Waals surface area contributed by atoms with Crippen molar-refractivity contribution in [2.45, 2.75) is 163 Å². The second-order valence-corrected chi connectivity index (χ2v) is 29.0. The van der Waals surface area contributed by atoms with Crippen molar-refractivity contribution in [3.05, 3.63) is 159 Å². The Hall–Kier alpha value is -8.24. The fourth-order valence-electron chi connectivity index (χ4n) is 14.6. The Morgan fingerprint density at radius 1 is 0.349 bits per heavy atom. The summed E-state index contributed by atoms with van der Waals surface area (Å²) in [6.07, 6.45) is 8.11. The zero-order valence-corrected chi connectivity index (χ0v) is 52.3. The van der Waals surface area contributed by atoms with Crippen LogP contribution in [0.4, 0.5) is 5.69 Å². The predicted octanol–water partition coefficient (Wildman–Crippen LogP) is 17.8. The Balaban J connectivity index is 1.10. The molecule has 0 aliphatic carbocycles. The van der Waals surface area contributed by atoms with Crippen LogP contribution in [0.5, 0.6) is 0 Å². The largest absolute Gasteiger partial charge is 0.371 e. The highest BCUT2D eigenvalue weighted by atomic mass is 16.2. The number of rotatable bonds is 11. The van der Waals surface area contributed by atoms with Crippen molar-refractivity contribution in [2.75, 3.05) is 24.5 Å². The first-order chi connectivity index (χ1) is 40.7. The van der Waals surface area contributed by atoms with E-state index in [9.17, 15) is 9.59 Å². The number of imide groups is 3. The first-order valence-corrected chi connectivity index (χ1v) is 31.3. The number of benzene rings is 9. The van der Waals surface area contributed by atoms with E-state index in [-0.39, 0.29) is 72.4 Å². The molecule has 1 saturated heterocycles. The molecule has 4 aliphatic rings. The topological polar surface area (TPSA) is 115 Å². The summed E-state index contributed by atoms with van der Waals surface area (Å²) >= 11 is 0. The number of carbonyl (C=O) groups excluding carboxylic acids is 6. The zero-order chi connectivity index (χ0) is 61.0. The van der Waals surface area contributed by atoms with Crippen molar-refractivity contribution in [1.29, 1.82) is 0 Å². The van der Waals surface area contributed by atoms with Gasteiger partial charge in [0, 0.05) is 63.4 Å². The Bertz CT molecular complexity index is 4250. The third-order valence-electron chi connectivity index (χ3n) is 19.1. The first kappa shape index (κ1) is 56.9. The molecule has 10 nitrogen and oxygen atoms in total. The zero-order valence-electron chi connectivity index (χ0n) is 52.3. The number of amides is 6. The average Bonchev–Trinajstić information content (AvgIpc) is 0.716. The van der Waals surface area contributed by atoms with Gasteiger partial charge in [0.25, 0.3) is 35.4 Å². The molecule has 0 bridgehead atoms. The van der Waals surface area contributed by atoms with Gasteiger partial charge in [0.1, 0.15) is 0 Å². The molecule has 0 aromatic heterocycles. The van der Waals surface area contributed by atoms with E-state index in [0.717, 1.165) is 145 Å². The lowest BCUT2D eigenvalue weighted by molar-refractivity contribution is 0.00212. The smallest absolute Gasteiger partial charge is 0.281 e. The van der Waals surface area contributed by atoms with Gasteiger partial charge < -0.3 is 4.90 Å². The number of carbonyl (C=O) groups is 6. The molecule has 0 unspecified atom stereocenters. The number of nitrogens with zero attached hydrogens (tertiary/aromatic N) is 4. The monoisotopic (exact) mass is 1140 g/mol. The maximum Gasteiger partial charge on any atom is 0.281 e. The molecule has 0 N–H and O–H groups in total. The van der Waals surface area contributed by atoms with Crippen LogP contribution in [0, 0.1) is 0 Å². The van der Waals surface area contributed by atoms with Crippen molar-refractivity contribution in [3.8, 4) is 22.3 Å². The fraction of sp³-hybridized carbons (Fsp3) is 0.368. The number of hydrogen-bond acceptors (Lipinski definition) is 7. The van der Waals surface area contributed by atoms with Gasteiger partial charge >= 0.3 is 0 Å². The first-order valence-electron chi connectivity index (χ1n) is 31.3. The van der Waals surface area contributed by atoms with Crippen LogP contribution in [0.2, 0.25) is 0 Å². The summed E-state index contributed by atoms with van der Waals surface area (Å²) in [5.41, 5.74) is 8.56. The van der Waals surface area contributed by atoms with Gasteiger partial charge in [0.15, 0.2) is 0 Å². The van der Waals surface area contributed by atoms with E-state index in [1.807, 2.05) is 12.1 Å². The summed E-state index contributed by atoms with van der Waals surface area (Å²) in [7, 11) is 0. The molecule has 13 rings (SSSR count). The molecule has 4 aliphatic heterocycles. The number of hydrazine groups is 1. The highest BCUT2D eigenvalue weighted by Gasteiger charge is 2.48. The van der Waals surface area contributed by atoms with Crippen LogP contribution >= 0.6 is 0 Å². The number of anilines is 1. The van der Waals surface area contributed by atoms with Gasteiger partial charge in [-0.15, -0.1) is 0 Å². The van der Waals surface area contributed by atoms with Gasteiger partial charge in [-0.05, 0) is 155 Å². The summed E-state index contributed by atoms with van der Waals surface area (Å²) in [6, 6.07) is 34.5. The van der Waals surface area contributed by atoms with Gasteiger partial charge in [-0.2, -0.15) is 10.0 Å². The van der Waals surface area contributed by atoms with Crippen LogP contribution in [0.25, 0.3) is 76.1 Å². The van der Waals surface area contributed by atoms with E-state index in [1.54, 1.807) is 12.1 Å². The SMILES string of the molecule is CCCCCCCCN1C(=O)c2ccc3c4c(ccc(c24)C1=O)C(=O)N(N1C(=O)c2cc(-c4cc(C(C)(C)C)ccc4C(C)(C)C)c4c5cccc6c(N7CCCC7)ccc(c7c(-c8cc(C(C)(C)C)ccc8C(C)(C)C)cc(c2c47)C1=O)c65)C3=O. The summed E-state index contributed by atoms with van der Waals surface area (Å²) in [5, 5.41) is 9.18. The maximum absolute atomic E-state index is 16.4. The van der Waals surface area contributed by atoms with Crippen LogP contribution in [-0.2, 0) is 21.7 Å². The maximum atomic E-state index is 16.4. The number of fused-ring (bicyclic) bond motifs is 2. The van der Waals surface area contributed by atoms with E-state index in [0.29, 0.717) is 16.8 Å². The van der Waals surface area contributed by atoms with Crippen LogP contribution in [0.3, 0.4) is 0 Å². The van der Waals surface area contributed by atoms with Gasteiger partial charge in [-0.3, -0.25) is 33.7 Å². The molecule has 0 radical (unpaired) electrons. The van der Waals surface area contributed by atoms with E-state index in [1.165, 1.54) is 22.7 Å². The molecule has 438 valence electrons. The summed E-state index contributed by atoms with van der Waals surface area (Å²) in [6.45, 7) is 30.8. The standard InChI is InChI=1S/C76H78N4O6/c1-14-15-16-17-18-19-37-78-67(81)47-27-29-49-64-50(30-28-48(63(47)64)68(78)82)70(84)79(69(49)83)80-71(85)55-40-53(51-38-42(73(2,3)4)25-32-57(51)75(8,9)10)61-45-24-22-23-44-59(77-35-20-21-36-77)34-31-46(60(44)45)62-54(41-56(72(80)86)65(55)66(61)62)52-39-43(74(5,6)7)26-33-58(52)76(11,12)13/h22-34,38-41H,14-21,35-37H2,1-13H3. The molecule has 4 heterocycles. The molecular weight excluding hydrogens is 1060 g/mol. The van der Waals surface area contributed by atoms with Crippen LogP contribution in [0.1, 0.15) is 226 Å². The molecule has 6 amide bonds. The van der Waals surface area contributed by atoms with Crippen molar-refractivity contribution in [2.24, 2.45) is 0 Å². The van der Waals surface area contributed by atoms with Crippen molar-refractivity contribution >= 4 is 95.0 Å². The second-order valence-electron chi connectivity index (χ2n) is 29.0. The Kier molecular flexibility index (Phi) is 13.2. The van der Waals surface area contributed by atoms with E-state index in [4.69, 9.17) is 0 Å². The Morgan fingerprint density at radius 3 is 1.23 bits per heavy atom. The molecule has 0 saturated carbocycles. The van der Waals surface area contributed by atoms with Gasteiger partial charge in [-0.1, -0.05) is 183 Å².